The van der Waals surface area contributed by atoms with Gasteiger partial charge in [0.15, 0.2) is 0 Å². The van der Waals surface area contributed by atoms with Gasteiger partial charge in [-0.3, -0.25) is 5.32 Å². The van der Waals surface area contributed by atoms with Gasteiger partial charge in [-0.1, -0.05) is 104 Å². The fourth-order valence-electron chi connectivity index (χ4n) is 6.20. The summed E-state index contributed by atoms with van der Waals surface area (Å²) in [5, 5.41) is 7.00. The van der Waals surface area contributed by atoms with Gasteiger partial charge in [0.2, 0.25) is 0 Å². The number of benzene rings is 4. The number of rotatable bonds is 3. The molecule has 1 aliphatic heterocycles. The Kier molecular flexibility index (Phi) is 5.08. The second-order valence-electron chi connectivity index (χ2n) is 9.65. The molecule has 0 radical (unpaired) electrons. The fraction of sp³-hybridized carbons (Fsp3) is 0.290. The van der Waals surface area contributed by atoms with Gasteiger partial charge in [0.1, 0.15) is 0 Å². The molecule has 4 aromatic rings. The van der Waals surface area contributed by atoms with Crippen LogP contribution in [0.15, 0.2) is 84.9 Å². The molecular formula is C31H31N. The van der Waals surface area contributed by atoms with Crippen LogP contribution in [0.4, 0.5) is 0 Å². The van der Waals surface area contributed by atoms with Gasteiger partial charge in [0.25, 0.3) is 0 Å². The molecule has 6 rings (SSSR count). The summed E-state index contributed by atoms with van der Waals surface area (Å²) < 4.78 is 0. The van der Waals surface area contributed by atoms with Crippen molar-refractivity contribution in [3.63, 3.8) is 0 Å². The summed E-state index contributed by atoms with van der Waals surface area (Å²) in [6.45, 7) is 2.28. The van der Waals surface area contributed by atoms with Crippen LogP contribution in [0.5, 0.6) is 0 Å². The quantitative estimate of drug-likeness (QED) is 0.356. The fourth-order valence-corrected chi connectivity index (χ4v) is 6.20. The number of aryl methyl sites for hydroxylation is 1. The Balaban J connectivity index is 1.66. The molecule has 0 spiro atoms. The van der Waals surface area contributed by atoms with E-state index in [4.69, 9.17) is 0 Å². The van der Waals surface area contributed by atoms with E-state index < -0.39 is 0 Å². The van der Waals surface area contributed by atoms with Crippen LogP contribution in [0.3, 0.4) is 0 Å². The average Bonchev–Trinajstić information content (AvgIpc) is 2.87. The second-order valence-corrected chi connectivity index (χ2v) is 9.65. The SMILES string of the molecule is Cc1ccc2ccc(C3CCCCC3)c3c2c1[C@@H](c1ccccc1)N[C@H]3c1ccccc1. The van der Waals surface area contributed by atoms with Crippen LogP contribution in [0.1, 0.15) is 83.5 Å². The lowest BCUT2D eigenvalue weighted by Crippen LogP contribution is -2.34. The number of hydrogen-bond acceptors (Lipinski definition) is 1. The van der Waals surface area contributed by atoms with Gasteiger partial charge in [-0.25, -0.2) is 0 Å². The van der Waals surface area contributed by atoms with Gasteiger partial charge in [-0.05, 0) is 69.8 Å². The molecule has 1 nitrogen and oxygen atoms in total. The lowest BCUT2D eigenvalue weighted by molar-refractivity contribution is 0.436. The minimum Gasteiger partial charge on any atom is -0.295 e. The molecule has 4 aromatic carbocycles. The number of hydrogen-bond donors (Lipinski definition) is 1. The lowest BCUT2D eigenvalue weighted by atomic mass is 9.74. The standard InChI is InChI=1S/C31H31N/c1-21-17-18-23-19-20-26(22-11-5-2-6-12-22)29-28(23)27(21)30(24-13-7-3-8-14-24)32-31(29)25-15-9-4-10-16-25/h3-4,7-10,13-20,22,30-32H,2,5-6,11-12H2,1H3/t30-,31+/m1/s1. The zero-order chi connectivity index (χ0) is 21.5. The number of nitrogens with one attached hydrogen (secondary N) is 1. The van der Waals surface area contributed by atoms with Crippen molar-refractivity contribution >= 4 is 10.8 Å². The van der Waals surface area contributed by atoms with E-state index >= 15 is 0 Å². The maximum atomic E-state index is 4.12. The molecule has 0 aromatic heterocycles. The molecule has 160 valence electrons. The summed E-state index contributed by atoms with van der Waals surface area (Å²) in [7, 11) is 0. The van der Waals surface area contributed by atoms with Crippen molar-refractivity contribution in [1.82, 2.24) is 5.32 Å². The van der Waals surface area contributed by atoms with Crippen molar-refractivity contribution in [2.24, 2.45) is 0 Å². The molecule has 0 amide bonds. The molecule has 0 saturated heterocycles. The maximum absolute atomic E-state index is 4.12. The third kappa shape index (κ3) is 3.27. The van der Waals surface area contributed by atoms with Crippen LogP contribution >= 0.6 is 0 Å². The smallest absolute Gasteiger partial charge is 0.0593 e. The Hall–Kier alpha value is -2.90. The molecular weight excluding hydrogens is 386 g/mol. The highest BCUT2D eigenvalue weighted by Gasteiger charge is 2.34. The van der Waals surface area contributed by atoms with E-state index in [1.54, 1.807) is 5.56 Å². The molecule has 32 heavy (non-hydrogen) atoms. The maximum Gasteiger partial charge on any atom is 0.0593 e. The minimum absolute atomic E-state index is 0.194. The van der Waals surface area contributed by atoms with Gasteiger partial charge < -0.3 is 0 Å². The highest BCUT2D eigenvalue weighted by molar-refractivity contribution is 5.93. The summed E-state index contributed by atoms with van der Waals surface area (Å²) in [5.74, 6) is 0.679. The van der Waals surface area contributed by atoms with Crippen molar-refractivity contribution < 1.29 is 0 Å². The van der Waals surface area contributed by atoms with Gasteiger partial charge in [-0.2, -0.15) is 0 Å². The van der Waals surface area contributed by atoms with Crippen LogP contribution in [0.2, 0.25) is 0 Å². The van der Waals surface area contributed by atoms with E-state index in [9.17, 15) is 0 Å². The highest BCUT2D eigenvalue weighted by Crippen LogP contribution is 2.48. The summed E-state index contributed by atoms with van der Waals surface area (Å²) in [6.07, 6.45) is 6.75. The van der Waals surface area contributed by atoms with Crippen LogP contribution in [0, 0.1) is 6.92 Å². The molecule has 0 unspecified atom stereocenters. The predicted octanol–water partition coefficient (Wildman–Crippen LogP) is 7.98. The molecule has 2 aliphatic rings. The van der Waals surface area contributed by atoms with Crippen LogP contribution in [-0.4, -0.2) is 0 Å². The van der Waals surface area contributed by atoms with Gasteiger partial charge in [0.05, 0.1) is 12.1 Å². The Morgan fingerprint density at radius 3 is 1.88 bits per heavy atom. The first-order valence-electron chi connectivity index (χ1n) is 12.2. The van der Waals surface area contributed by atoms with E-state index in [0.29, 0.717) is 5.92 Å². The van der Waals surface area contributed by atoms with Crippen LogP contribution in [-0.2, 0) is 0 Å². The van der Waals surface area contributed by atoms with E-state index in [1.807, 2.05) is 0 Å². The van der Waals surface area contributed by atoms with Gasteiger partial charge in [-0.15, -0.1) is 0 Å². The highest BCUT2D eigenvalue weighted by atomic mass is 15.0. The van der Waals surface area contributed by atoms with E-state index in [1.165, 1.54) is 70.7 Å². The Labute approximate surface area is 191 Å². The zero-order valence-electron chi connectivity index (χ0n) is 18.9. The Bertz CT molecular complexity index is 1240. The summed E-state index contributed by atoms with van der Waals surface area (Å²) in [5.41, 5.74) is 8.67. The van der Waals surface area contributed by atoms with Crippen molar-refractivity contribution in [2.45, 2.75) is 57.0 Å². The topological polar surface area (TPSA) is 12.0 Å². The van der Waals surface area contributed by atoms with Gasteiger partial charge >= 0.3 is 0 Å². The lowest BCUT2D eigenvalue weighted by Gasteiger charge is -2.38. The first-order valence-corrected chi connectivity index (χ1v) is 12.2. The molecule has 1 heterocycles. The van der Waals surface area contributed by atoms with E-state index in [-0.39, 0.29) is 12.1 Å². The zero-order valence-corrected chi connectivity index (χ0v) is 18.9. The largest absolute Gasteiger partial charge is 0.295 e. The normalized spacial score (nSPS) is 21.0. The summed E-state index contributed by atoms with van der Waals surface area (Å²) in [4.78, 5) is 0. The predicted molar refractivity (Wildman–Crippen MR) is 134 cm³/mol. The van der Waals surface area contributed by atoms with Crippen molar-refractivity contribution in [1.29, 1.82) is 0 Å². The van der Waals surface area contributed by atoms with E-state index in [2.05, 4.69) is 97.2 Å². The minimum atomic E-state index is 0.194. The Morgan fingerprint density at radius 2 is 1.22 bits per heavy atom. The molecule has 1 fully saturated rings. The second kappa shape index (κ2) is 8.22. The van der Waals surface area contributed by atoms with Crippen LogP contribution in [0.25, 0.3) is 10.8 Å². The van der Waals surface area contributed by atoms with Crippen molar-refractivity contribution in [3.05, 3.63) is 118 Å². The third-order valence-electron chi connectivity index (χ3n) is 7.74. The monoisotopic (exact) mass is 417 g/mol. The van der Waals surface area contributed by atoms with Gasteiger partial charge in [0, 0.05) is 0 Å². The molecule has 0 bridgehead atoms. The molecule has 2 atom stereocenters. The summed E-state index contributed by atoms with van der Waals surface area (Å²) in [6, 6.07) is 31.9. The van der Waals surface area contributed by atoms with Crippen molar-refractivity contribution in [3.8, 4) is 0 Å². The molecule has 1 heteroatoms. The Morgan fingerprint density at radius 1 is 0.625 bits per heavy atom. The third-order valence-corrected chi connectivity index (χ3v) is 7.74. The van der Waals surface area contributed by atoms with Crippen LogP contribution < -0.4 is 5.32 Å². The van der Waals surface area contributed by atoms with Crippen molar-refractivity contribution in [2.75, 3.05) is 0 Å². The molecule has 1 saturated carbocycles. The van der Waals surface area contributed by atoms with E-state index in [0.717, 1.165) is 0 Å². The summed E-state index contributed by atoms with van der Waals surface area (Å²) >= 11 is 0. The first kappa shape index (κ1) is 19.8. The molecule has 1 N–H and O–H groups in total. The average molecular weight is 418 g/mol. The first-order chi connectivity index (χ1) is 15.8. The molecule has 1 aliphatic carbocycles.